The minimum absolute atomic E-state index is 0.114. The third kappa shape index (κ3) is 3.61. The fourth-order valence-corrected chi connectivity index (χ4v) is 5.48. The Bertz CT molecular complexity index is 840. The fourth-order valence-electron chi connectivity index (χ4n) is 4.16. The van der Waals surface area contributed by atoms with Crippen LogP contribution in [0.25, 0.3) is 0 Å². The molecule has 3 heterocycles. The number of nitrogens with one attached hydrogen (secondary N) is 1. The van der Waals surface area contributed by atoms with E-state index in [2.05, 4.69) is 38.3 Å². The van der Waals surface area contributed by atoms with Gasteiger partial charge in [0.15, 0.2) is 0 Å². The second-order valence-corrected chi connectivity index (χ2v) is 9.45. The highest BCUT2D eigenvalue weighted by atomic mass is 32.1. The molecule has 5 N–H and O–H groups in total. The lowest BCUT2D eigenvalue weighted by Gasteiger charge is -2.38. The number of nitrogens with two attached hydrogens (primary N) is 2. The van der Waals surface area contributed by atoms with Crippen LogP contribution in [0.5, 0.6) is 0 Å². The Morgan fingerprint density at radius 2 is 1.78 bits per heavy atom. The number of hydrogen-bond acceptors (Lipinski definition) is 5. The standard InChI is InChI=1S/C18H24N4O4S/c1-17(2)7-9-13(15(19)26)16(27-14(9)18(3,4)21-17)20-10(23)8-22-11(24)5-6-12(22)25/h21H,5-8H2,1-4H3,(H2,19,26)(H,20,23)/p+1. The monoisotopic (exact) mass is 393 g/mol. The number of amides is 4. The third-order valence-corrected chi connectivity index (χ3v) is 6.42. The predicted octanol–water partition coefficient (Wildman–Crippen LogP) is 0.0677. The van der Waals surface area contributed by atoms with Crippen LogP contribution >= 0.6 is 11.3 Å². The van der Waals surface area contributed by atoms with E-state index < -0.39 is 11.8 Å². The summed E-state index contributed by atoms with van der Waals surface area (Å²) in [6.07, 6.45) is 0.912. The number of carbonyl (C=O) groups is 4. The number of primary amides is 1. The largest absolute Gasteiger partial charge is 0.365 e. The van der Waals surface area contributed by atoms with Gasteiger partial charge in [0.2, 0.25) is 17.7 Å². The molecule has 0 aliphatic carbocycles. The predicted molar refractivity (Wildman–Crippen MR) is 100 cm³/mol. The maximum Gasteiger partial charge on any atom is 0.252 e. The first-order valence-corrected chi connectivity index (χ1v) is 9.69. The maximum absolute atomic E-state index is 12.4. The summed E-state index contributed by atoms with van der Waals surface area (Å²) in [6, 6.07) is 0. The second-order valence-electron chi connectivity index (χ2n) is 8.43. The molecule has 0 aromatic carbocycles. The molecule has 1 fully saturated rings. The molecule has 9 heteroatoms. The lowest BCUT2D eigenvalue weighted by molar-refractivity contribution is -0.789. The van der Waals surface area contributed by atoms with Crippen LogP contribution in [0.15, 0.2) is 0 Å². The number of anilines is 1. The first kappa shape index (κ1) is 19.5. The van der Waals surface area contributed by atoms with E-state index in [0.29, 0.717) is 17.0 Å². The van der Waals surface area contributed by atoms with Gasteiger partial charge >= 0.3 is 0 Å². The summed E-state index contributed by atoms with van der Waals surface area (Å²) in [6.45, 7) is 7.99. The molecular formula is C18H25N4O4S+. The van der Waals surface area contributed by atoms with Crippen molar-refractivity contribution in [3.8, 4) is 0 Å². The van der Waals surface area contributed by atoms with Crippen molar-refractivity contribution in [2.45, 2.75) is 58.0 Å². The summed E-state index contributed by atoms with van der Waals surface area (Å²) in [5.41, 5.74) is 6.45. The molecule has 0 saturated carbocycles. The van der Waals surface area contributed by atoms with Crippen molar-refractivity contribution in [2.75, 3.05) is 11.9 Å². The van der Waals surface area contributed by atoms with Crippen molar-refractivity contribution in [1.82, 2.24) is 4.90 Å². The van der Waals surface area contributed by atoms with Crippen LogP contribution in [0.2, 0.25) is 0 Å². The Kier molecular flexibility index (Phi) is 4.63. The normalized spacial score (nSPS) is 20.5. The SMILES string of the molecule is CC1(C)Cc2c(sc(NC(=O)CN3C(=O)CCC3=O)c2C(N)=O)C(C)(C)[NH2+]1. The van der Waals surface area contributed by atoms with E-state index in [0.717, 1.165) is 15.3 Å². The molecule has 8 nitrogen and oxygen atoms in total. The first-order chi connectivity index (χ1) is 12.4. The summed E-state index contributed by atoms with van der Waals surface area (Å²) in [4.78, 5) is 50.0. The van der Waals surface area contributed by atoms with Crippen molar-refractivity contribution in [2.24, 2.45) is 5.73 Å². The average Bonchev–Trinajstić information content (AvgIpc) is 3.00. The van der Waals surface area contributed by atoms with E-state index in [4.69, 9.17) is 5.73 Å². The van der Waals surface area contributed by atoms with Crippen LogP contribution in [0.3, 0.4) is 0 Å². The molecule has 2 aliphatic heterocycles. The lowest BCUT2D eigenvalue weighted by Crippen LogP contribution is -3.03. The van der Waals surface area contributed by atoms with Crippen molar-refractivity contribution in [1.29, 1.82) is 0 Å². The summed E-state index contributed by atoms with van der Waals surface area (Å²) >= 11 is 1.33. The molecule has 146 valence electrons. The summed E-state index contributed by atoms with van der Waals surface area (Å²) in [5.74, 6) is -1.81. The molecule has 0 radical (unpaired) electrons. The Labute approximate surface area is 161 Å². The number of quaternary nitrogens is 1. The van der Waals surface area contributed by atoms with Crippen LogP contribution in [0, 0.1) is 0 Å². The van der Waals surface area contributed by atoms with Crippen LogP contribution in [-0.4, -0.2) is 40.6 Å². The highest BCUT2D eigenvalue weighted by Gasteiger charge is 2.45. The number of fused-ring (bicyclic) bond motifs is 1. The molecule has 0 spiro atoms. The number of rotatable bonds is 4. The van der Waals surface area contributed by atoms with Gasteiger partial charge in [-0.3, -0.25) is 24.1 Å². The van der Waals surface area contributed by atoms with Gasteiger partial charge in [0, 0.05) is 19.3 Å². The van der Waals surface area contributed by atoms with Crippen LogP contribution in [-0.2, 0) is 26.3 Å². The number of carbonyl (C=O) groups excluding carboxylic acids is 4. The number of likely N-dealkylation sites (tertiary alicyclic amines) is 1. The van der Waals surface area contributed by atoms with Crippen molar-refractivity contribution in [3.63, 3.8) is 0 Å². The summed E-state index contributed by atoms with van der Waals surface area (Å²) in [5, 5.41) is 5.33. The zero-order valence-corrected chi connectivity index (χ0v) is 16.8. The molecule has 0 bridgehead atoms. The van der Waals surface area contributed by atoms with Crippen LogP contribution in [0.1, 0.15) is 61.3 Å². The van der Waals surface area contributed by atoms with Crippen LogP contribution in [0.4, 0.5) is 5.00 Å². The molecule has 0 atom stereocenters. The molecule has 3 rings (SSSR count). The number of hydrogen-bond donors (Lipinski definition) is 3. The van der Waals surface area contributed by atoms with Crippen LogP contribution < -0.4 is 16.4 Å². The molecule has 1 aromatic rings. The average molecular weight is 393 g/mol. The highest BCUT2D eigenvalue weighted by molar-refractivity contribution is 7.17. The minimum Gasteiger partial charge on any atom is -0.365 e. The quantitative estimate of drug-likeness (QED) is 0.626. The molecular weight excluding hydrogens is 368 g/mol. The van der Waals surface area contributed by atoms with Crippen molar-refractivity contribution >= 4 is 40.0 Å². The van der Waals surface area contributed by atoms with Gasteiger partial charge < -0.3 is 16.4 Å². The Morgan fingerprint density at radius 3 is 2.33 bits per heavy atom. The van der Waals surface area contributed by atoms with Gasteiger partial charge in [0.1, 0.15) is 17.1 Å². The number of nitrogens with zero attached hydrogens (tertiary/aromatic N) is 1. The molecule has 2 aliphatic rings. The van der Waals surface area contributed by atoms with Gasteiger partial charge in [-0.2, -0.15) is 0 Å². The number of imide groups is 1. The van der Waals surface area contributed by atoms with E-state index in [1.165, 1.54) is 11.3 Å². The molecule has 0 unspecified atom stereocenters. The summed E-state index contributed by atoms with van der Waals surface area (Å²) < 4.78 is 0. The Balaban J connectivity index is 1.91. The molecule has 1 aromatic heterocycles. The van der Waals surface area contributed by atoms with Gasteiger partial charge in [-0.25, -0.2) is 0 Å². The smallest absolute Gasteiger partial charge is 0.252 e. The maximum atomic E-state index is 12.4. The van der Waals surface area contributed by atoms with Gasteiger partial charge in [-0.1, -0.05) is 0 Å². The van der Waals surface area contributed by atoms with E-state index >= 15 is 0 Å². The minimum atomic E-state index is -0.593. The zero-order chi connectivity index (χ0) is 20.1. The first-order valence-electron chi connectivity index (χ1n) is 8.87. The lowest BCUT2D eigenvalue weighted by atomic mass is 9.81. The van der Waals surface area contributed by atoms with Crippen molar-refractivity contribution < 1.29 is 24.5 Å². The number of thiophene rings is 1. The highest BCUT2D eigenvalue weighted by Crippen LogP contribution is 2.41. The van der Waals surface area contributed by atoms with Gasteiger partial charge in [-0.15, -0.1) is 11.3 Å². The summed E-state index contributed by atoms with van der Waals surface area (Å²) in [7, 11) is 0. The fraction of sp³-hybridized carbons (Fsp3) is 0.556. The van der Waals surface area contributed by atoms with Gasteiger partial charge in [0.05, 0.1) is 16.0 Å². The van der Waals surface area contributed by atoms with Gasteiger partial charge in [-0.05, 0) is 33.3 Å². The Hall–Kier alpha value is -2.26. The van der Waals surface area contributed by atoms with Gasteiger partial charge in [0.25, 0.3) is 5.91 Å². The Morgan fingerprint density at radius 1 is 1.19 bits per heavy atom. The van der Waals surface area contributed by atoms with Crippen molar-refractivity contribution in [3.05, 3.63) is 16.0 Å². The van der Waals surface area contributed by atoms with E-state index in [-0.39, 0.29) is 42.3 Å². The molecule has 27 heavy (non-hydrogen) atoms. The zero-order valence-electron chi connectivity index (χ0n) is 16.0. The second kappa shape index (κ2) is 6.42. The molecule has 1 saturated heterocycles. The van der Waals surface area contributed by atoms with E-state index in [9.17, 15) is 19.2 Å². The molecule has 4 amide bonds. The van der Waals surface area contributed by atoms with E-state index in [1.54, 1.807) is 0 Å². The third-order valence-electron chi connectivity index (χ3n) is 4.93. The topological polar surface area (TPSA) is 126 Å². The van der Waals surface area contributed by atoms with E-state index in [1.807, 2.05) is 0 Å².